The lowest BCUT2D eigenvalue weighted by molar-refractivity contribution is 0.0932. The number of carbonyl (C=O) groups is 1. The largest absolute Gasteiger partial charge is 0.489 e. The smallest absolute Gasteiger partial charge is 0.251 e. The van der Waals surface area contributed by atoms with Crippen molar-refractivity contribution in [1.82, 2.24) is 10.2 Å². The van der Waals surface area contributed by atoms with E-state index in [1.165, 1.54) is 0 Å². The fourth-order valence-corrected chi connectivity index (χ4v) is 3.22. The van der Waals surface area contributed by atoms with Crippen LogP contribution in [0.5, 0.6) is 5.75 Å². The highest BCUT2D eigenvalue weighted by Gasteiger charge is 2.16. The third-order valence-corrected chi connectivity index (χ3v) is 5.06. The monoisotopic (exact) mass is 422 g/mol. The molecule has 0 aliphatic rings. The second-order valence-corrected chi connectivity index (χ2v) is 7.90. The van der Waals surface area contributed by atoms with Crippen LogP contribution in [0.15, 0.2) is 78.9 Å². The molecular weight excluding hydrogens is 396 g/mol. The highest BCUT2D eigenvalue weighted by atomic mass is 35.5. The Kier molecular flexibility index (Phi) is 7.89. The first-order valence-corrected chi connectivity index (χ1v) is 10.4. The molecule has 0 fully saturated rings. The summed E-state index contributed by atoms with van der Waals surface area (Å²) in [4.78, 5) is 14.9. The number of ether oxygens (including phenoxy) is 1. The molecule has 0 aromatic heterocycles. The number of hydrogen-bond acceptors (Lipinski definition) is 3. The van der Waals surface area contributed by atoms with Gasteiger partial charge in [-0.15, -0.1) is 0 Å². The highest BCUT2D eigenvalue weighted by molar-refractivity contribution is 6.30. The molecule has 30 heavy (non-hydrogen) atoms. The van der Waals surface area contributed by atoms with Crippen molar-refractivity contribution >= 4 is 17.5 Å². The third kappa shape index (κ3) is 6.61. The van der Waals surface area contributed by atoms with E-state index >= 15 is 0 Å². The van der Waals surface area contributed by atoms with Crippen LogP contribution in [0.1, 0.15) is 33.9 Å². The van der Waals surface area contributed by atoms with E-state index in [0.29, 0.717) is 17.2 Å². The minimum Gasteiger partial charge on any atom is -0.489 e. The molecule has 1 atom stereocenters. The molecule has 3 aromatic carbocycles. The van der Waals surface area contributed by atoms with Crippen LogP contribution < -0.4 is 10.1 Å². The van der Waals surface area contributed by atoms with Crippen molar-refractivity contribution in [2.45, 2.75) is 19.1 Å². The summed E-state index contributed by atoms with van der Waals surface area (Å²) in [6.07, 6.45) is 0.804. The number of nitrogens with zero attached hydrogens (tertiary/aromatic N) is 1. The van der Waals surface area contributed by atoms with Crippen LogP contribution in [-0.4, -0.2) is 31.4 Å². The average Bonchev–Trinajstić information content (AvgIpc) is 2.76. The zero-order valence-corrected chi connectivity index (χ0v) is 18.1. The third-order valence-electron chi connectivity index (χ3n) is 4.81. The molecule has 0 bridgehead atoms. The number of amides is 1. The SMILES string of the molecule is CN(C)CCC(NC(=O)c1ccc(OCc2ccccc2)cc1)c1ccc(Cl)cc1. The molecule has 5 heteroatoms. The van der Waals surface area contributed by atoms with Crippen LogP contribution in [-0.2, 0) is 6.61 Å². The molecule has 0 spiro atoms. The van der Waals surface area contributed by atoms with Crippen LogP contribution in [0.2, 0.25) is 5.02 Å². The lowest BCUT2D eigenvalue weighted by Gasteiger charge is -2.21. The molecule has 0 heterocycles. The maximum absolute atomic E-state index is 12.8. The van der Waals surface area contributed by atoms with Gasteiger partial charge in [0.15, 0.2) is 0 Å². The van der Waals surface area contributed by atoms with E-state index in [4.69, 9.17) is 16.3 Å². The van der Waals surface area contributed by atoms with Gasteiger partial charge in [-0.1, -0.05) is 54.1 Å². The number of hydrogen-bond donors (Lipinski definition) is 1. The Labute approximate surface area is 183 Å². The second-order valence-electron chi connectivity index (χ2n) is 7.47. The van der Waals surface area contributed by atoms with Crippen LogP contribution in [0.4, 0.5) is 0 Å². The van der Waals surface area contributed by atoms with Crippen molar-refractivity contribution in [1.29, 1.82) is 0 Å². The van der Waals surface area contributed by atoms with Gasteiger partial charge in [-0.2, -0.15) is 0 Å². The maximum Gasteiger partial charge on any atom is 0.251 e. The van der Waals surface area contributed by atoms with E-state index in [2.05, 4.69) is 10.2 Å². The van der Waals surface area contributed by atoms with Gasteiger partial charge in [0.05, 0.1) is 6.04 Å². The minimum absolute atomic E-state index is 0.0915. The minimum atomic E-state index is -0.108. The van der Waals surface area contributed by atoms with Gasteiger partial charge in [-0.05, 0) is 74.6 Å². The lowest BCUT2D eigenvalue weighted by Crippen LogP contribution is -2.31. The molecule has 3 aromatic rings. The summed E-state index contributed by atoms with van der Waals surface area (Å²) in [6.45, 7) is 1.36. The normalized spacial score (nSPS) is 11.9. The molecule has 0 saturated carbocycles. The standard InChI is InChI=1S/C25H27ClN2O2/c1-28(2)17-16-24(20-8-12-22(26)13-9-20)27-25(29)21-10-14-23(15-11-21)30-18-19-6-4-3-5-7-19/h3-15,24H,16-18H2,1-2H3,(H,27,29). The molecular formula is C25H27ClN2O2. The van der Waals surface area contributed by atoms with Crippen molar-refractivity contribution in [3.63, 3.8) is 0 Å². The molecule has 0 saturated heterocycles. The first-order valence-electron chi connectivity index (χ1n) is 9.99. The molecule has 4 nitrogen and oxygen atoms in total. The highest BCUT2D eigenvalue weighted by Crippen LogP contribution is 2.21. The number of carbonyl (C=O) groups excluding carboxylic acids is 1. The molecule has 156 valence electrons. The van der Waals surface area contributed by atoms with E-state index in [9.17, 15) is 4.79 Å². The van der Waals surface area contributed by atoms with Gasteiger partial charge in [0.2, 0.25) is 0 Å². The topological polar surface area (TPSA) is 41.6 Å². The summed E-state index contributed by atoms with van der Waals surface area (Å²) >= 11 is 6.02. The molecule has 0 aliphatic carbocycles. The number of nitrogens with one attached hydrogen (secondary N) is 1. The van der Waals surface area contributed by atoms with Crippen LogP contribution in [0.25, 0.3) is 0 Å². The Morgan fingerprint density at radius 2 is 1.63 bits per heavy atom. The quantitative estimate of drug-likeness (QED) is 0.506. The van der Waals surface area contributed by atoms with Gasteiger partial charge in [-0.25, -0.2) is 0 Å². The predicted molar refractivity (Wildman–Crippen MR) is 122 cm³/mol. The number of rotatable bonds is 9. The first-order chi connectivity index (χ1) is 14.5. The van der Waals surface area contributed by atoms with Gasteiger partial charge >= 0.3 is 0 Å². The van der Waals surface area contributed by atoms with Crippen LogP contribution in [0.3, 0.4) is 0 Å². The van der Waals surface area contributed by atoms with Crippen molar-refractivity contribution < 1.29 is 9.53 Å². The summed E-state index contributed by atoms with van der Waals surface area (Å²) in [6, 6.07) is 24.8. The second kappa shape index (κ2) is 10.8. The summed E-state index contributed by atoms with van der Waals surface area (Å²) in [5, 5.41) is 3.84. The molecule has 3 rings (SSSR count). The zero-order chi connectivity index (χ0) is 21.3. The summed E-state index contributed by atoms with van der Waals surface area (Å²) in [7, 11) is 4.05. The fraction of sp³-hybridized carbons (Fsp3) is 0.240. The van der Waals surface area contributed by atoms with E-state index in [1.54, 1.807) is 12.1 Å². The van der Waals surface area contributed by atoms with E-state index in [1.807, 2.05) is 80.8 Å². The summed E-state index contributed by atoms with van der Waals surface area (Å²) in [5.41, 5.74) is 2.74. The van der Waals surface area contributed by atoms with Crippen molar-refractivity contribution in [2.75, 3.05) is 20.6 Å². The average molecular weight is 423 g/mol. The van der Waals surface area contributed by atoms with Crippen molar-refractivity contribution in [3.8, 4) is 5.75 Å². The molecule has 0 radical (unpaired) electrons. The predicted octanol–water partition coefficient (Wildman–Crippen LogP) is 5.34. The lowest BCUT2D eigenvalue weighted by atomic mass is 10.0. The Morgan fingerprint density at radius 1 is 0.967 bits per heavy atom. The van der Waals surface area contributed by atoms with Gasteiger partial charge in [0, 0.05) is 10.6 Å². The molecule has 1 unspecified atom stereocenters. The molecule has 1 amide bonds. The van der Waals surface area contributed by atoms with Gasteiger partial charge in [-0.3, -0.25) is 4.79 Å². The Hall–Kier alpha value is -2.82. The molecule has 1 N–H and O–H groups in total. The molecule has 0 aliphatic heterocycles. The van der Waals surface area contributed by atoms with Gasteiger partial charge < -0.3 is 15.0 Å². The van der Waals surface area contributed by atoms with E-state index < -0.39 is 0 Å². The fourth-order valence-electron chi connectivity index (χ4n) is 3.09. The number of benzene rings is 3. The maximum atomic E-state index is 12.8. The summed E-state index contributed by atoms with van der Waals surface area (Å²) < 4.78 is 5.80. The van der Waals surface area contributed by atoms with Crippen LogP contribution in [0, 0.1) is 0 Å². The summed E-state index contributed by atoms with van der Waals surface area (Å²) in [5.74, 6) is 0.626. The van der Waals surface area contributed by atoms with Crippen molar-refractivity contribution in [3.05, 3.63) is 101 Å². The van der Waals surface area contributed by atoms with Gasteiger partial charge in [0.25, 0.3) is 5.91 Å². The Morgan fingerprint density at radius 3 is 2.27 bits per heavy atom. The zero-order valence-electron chi connectivity index (χ0n) is 17.3. The first kappa shape index (κ1) is 21.9. The van der Waals surface area contributed by atoms with E-state index in [-0.39, 0.29) is 11.9 Å². The van der Waals surface area contributed by atoms with Gasteiger partial charge in [0.1, 0.15) is 12.4 Å². The van der Waals surface area contributed by atoms with Crippen LogP contribution >= 0.6 is 11.6 Å². The van der Waals surface area contributed by atoms with E-state index in [0.717, 1.165) is 29.8 Å². The van der Waals surface area contributed by atoms with Crippen molar-refractivity contribution in [2.24, 2.45) is 0 Å². The number of halogens is 1. The Balaban J connectivity index is 1.63. The Bertz CT molecular complexity index is 926.